The van der Waals surface area contributed by atoms with E-state index in [0.29, 0.717) is 16.8 Å². The summed E-state index contributed by atoms with van der Waals surface area (Å²) in [6.07, 6.45) is 0. The van der Waals surface area contributed by atoms with Crippen molar-refractivity contribution in [1.29, 1.82) is 0 Å². The number of aromatic nitrogens is 1. The average molecular weight is 257 g/mol. The molecule has 4 heteroatoms. The first-order chi connectivity index (χ1) is 9.08. The molecule has 4 nitrogen and oxygen atoms in total. The van der Waals surface area contributed by atoms with Crippen LogP contribution in [0.4, 0.5) is 0 Å². The maximum absolute atomic E-state index is 12.0. The standard InChI is InChI=1S/C15H15NO3/c1-10-8-13(11(2)14(17)16-10)15(18)19-9-12-6-4-3-5-7-12/h3-8H,9H2,1-2H3,(H,16,17). The van der Waals surface area contributed by atoms with Crippen LogP contribution >= 0.6 is 0 Å². The fourth-order valence-corrected chi connectivity index (χ4v) is 1.77. The Labute approximate surface area is 111 Å². The highest BCUT2D eigenvalue weighted by molar-refractivity contribution is 5.90. The molecule has 1 aromatic heterocycles. The Morgan fingerprint density at radius 3 is 2.58 bits per heavy atom. The van der Waals surface area contributed by atoms with Crippen molar-refractivity contribution in [2.45, 2.75) is 20.5 Å². The highest BCUT2D eigenvalue weighted by atomic mass is 16.5. The van der Waals surface area contributed by atoms with Crippen LogP contribution in [-0.4, -0.2) is 11.0 Å². The molecule has 0 saturated heterocycles. The topological polar surface area (TPSA) is 59.2 Å². The lowest BCUT2D eigenvalue weighted by atomic mass is 10.1. The van der Waals surface area contributed by atoms with E-state index in [9.17, 15) is 9.59 Å². The Bertz CT molecular complexity index is 644. The van der Waals surface area contributed by atoms with Gasteiger partial charge in [0.15, 0.2) is 0 Å². The second-order valence-electron chi connectivity index (χ2n) is 4.38. The molecule has 19 heavy (non-hydrogen) atoms. The number of carbonyl (C=O) groups excluding carboxylic acids is 1. The van der Waals surface area contributed by atoms with Gasteiger partial charge in [-0.05, 0) is 25.5 Å². The van der Waals surface area contributed by atoms with Crippen LogP contribution in [-0.2, 0) is 11.3 Å². The summed E-state index contributed by atoms with van der Waals surface area (Å²) in [6, 6.07) is 11.0. The predicted octanol–water partition coefficient (Wildman–Crippen LogP) is 2.35. The Kier molecular flexibility index (Phi) is 3.80. The number of H-pyrrole nitrogens is 1. The quantitative estimate of drug-likeness (QED) is 0.859. The summed E-state index contributed by atoms with van der Waals surface area (Å²) in [7, 11) is 0. The highest BCUT2D eigenvalue weighted by Gasteiger charge is 2.13. The molecule has 0 atom stereocenters. The van der Waals surface area contributed by atoms with Crippen molar-refractivity contribution in [3.8, 4) is 0 Å². The summed E-state index contributed by atoms with van der Waals surface area (Å²) in [5.74, 6) is -0.476. The molecule has 0 saturated carbocycles. The fraction of sp³-hybridized carbons (Fsp3) is 0.200. The summed E-state index contributed by atoms with van der Waals surface area (Å²) in [4.78, 5) is 26.2. The minimum absolute atomic E-state index is 0.199. The molecule has 0 radical (unpaired) electrons. The summed E-state index contributed by atoms with van der Waals surface area (Å²) in [5.41, 5.74) is 1.99. The van der Waals surface area contributed by atoms with E-state index in [1.807, 2.05) is 30.3 Å². The molecule has 1 aromatic carbocycles. The van der Waals surface area contributed by atoms with Gasteiger partial charge in [-0.1, -0.05) is 30.3 Å². The van der Waals surface area contributed by atoms with Gasteiger partial charge in [-0.2, -0.15) is 0 Å². The van der Waals surface area contributed by atoms with Gasteiger partial charge in [-0.3, -0.25) is 4.79 Å². The molecule has 0 fully saturated rings. The van der Waals surface area contributed by atoms with Crippen LogP contribution in [0, 0.1) is 13.8 Å². The molecular weight excluding hydrogens is 242 g/mol. The predicted molar refractivity (Wildman–Crippen MR) is 72.1 cm³/mol. The number of carbonyl (C=O) groups is 1. The van der Waals surface area contributed by atoms with E-state index in [0.717, 1.165) is 5.56 Å². The van der Waals surface area contributed by atoms with Gasteiger partial charge in [-0.25, -0.2) is 4.79 Å². The SMILES string of the molecule is Cc1cc(C(=O)OCc2ccccc2)c(C)c(=O)[nH]1. The van der Waals surface area contributed by atoms with Gasteiger partial charge in [0.25, 0.3) is 5.56 Å². The van der Waals surface area contributed by atoms with Crippen LogP contribution in [0.5, 0.6) is 0 Å². The molecule has 0 bridgehead atoms. The van der Waals surface area contributed by atoms with Gasteiger partial charge in [0.1, 0.15) is 6.61 Å². The Morgan fingerprint density at radius 2 is 1.89 bits per heavy atom. The van der Waals surface area contributed by atoms with E-state index in [1.165, 1.54) is 0 Å². The number of hydrogen-bond acceptors (Lipinski definition) is 3. The number of hydrogen-bond donors (Lipinski definition) is 1. The number of benzene rings is 1. The molecule has 98 valence electrons. The third kappa shape index (κ3) is 3.10. The summed E-state index contributed by atoms with van der Waals surface area (Å²) in [5, 5.41) is 0. The molecule has 0 aliphatic heterocycles. The molecule has 1 heterocycles. The van der Waals surface area contributed by atoms with E-state index in [2.05, 4.69) is 4.98 Å². The van der Waals surface area contributed by atoms with Crippen molar-refractivity contribution in [3.63, 3.8) is 0 Å². The average Bonchev–Trinajstić information content (AvgIpc) is 2.41. The van der Waals surface area contributed by atoms with Crippen LogP contribution in [0.15, 0.2) is 41.2 Å². The van der Waals surface area contributed by atoms with E-state index >= 15 is 0 Å². The Balaban J connectivity index is 2.15. The molecule has 0 spiro atoms. The van der Waals surface area contributed by atoms with Gasteiger partial charge in [-0.15, -0.1) is 0 Å². The van der Waals surface area contributed by atoms with Gasteiger partial charge in [0.2, 0.25) is 0 Å². The second kappa shape index (κ2) is 5.52. The maximum Gasteiger partial charge on any atom is 0.338 e. The molecule has 0 unspecified atom stereocenters. The lowest BCUT2D eigenvalue weighted by Gasteiger charge is -2.07. The smallest absolute Gasteiger partial charge is 0.338 e. The number of aromatic amines is 1. The van der Waals surface area contributed by atoms with Crippen LogP contribution in [0.25, 0.3) is 0 Å². The molecule has 0 aliphatic rings. The van der Waals surface area contributed by atoms with E-state index < -0.39 is 5.97 Å². The zero-order chi connectivity index (χ0) is 13.8. The molecule has 2 rings (SSSR count). The van der Waals surface area contributed by atoms with Crippen molar-refractivity contribution in [3.05, 3.63) is 69.1 Å². The lowest BCUT2D eigenvalue weighted by Crippen LogP contribution is -2.18. The first-order valence-electron chi connectivity index (χ1n) is 5.99. The third-order valence-electron chi connectivity index (χ3n) is 2.85. The number of nitrogens with one attached hydrogen (secondary N) is 1. The zero-order valence-electron chi connectivity index (χ0n) is 10.9. The van der Waals surface area contributed by atoms with Crippen molar-refractivity contribution < 1.29 is 9.53 Å². The number of pyridine rings is 1. The number of aryl methyl sites for hydroxylation is 1. The normalized spacial score (nSPS) is 10.2. The van der Waals surface area contributed by atoms with Gasteiger partial charge in [0, 0.05) is 11.3 Å². The highest BCUT2D eigenvalue weighted by Crippen LogP contribution is 2.09. The number of esters is 1. The third-order valence-corrected chi connectivity index (χ3v) is 2.85. The summed E-state index contributed by atoms with van der Waals surface area (Å²) < 4.78 is 5.21. The molecular formula is C15H15NO3. The summed E-state index contributed by atoms with van der Waals surface area (Å²) >= 11 is 0. The van der Waals surface area contributed by atoms with Crippen molar-refractivity contribution in [2.75, 3.05) is 0 Å². The molecule has 1 N–H and O–H groups in total. The minimum atomic E-state index is -0.476. The van der Waals surface area contributed by atoms with E-state index in [4.69, 9.17) is 4.74 Å². The second-order valence-corrected chi connectivity index (χ2v) is 4.38. The van der Waals surface area contributed by atoms with Crippen LogP contribution in [0.3, 0.4) is 0 Å². The number of rotatable bonds is 3. The van der Waals surface area contributed by atoms with Crippen molar-refractivity contribution in [1.82, 2.24) is 4.98 Å². The van der Waals surface area contributed by atoms with Gasteiger partial charge >= 0.3 is 5.97 Å². The lowest BCUT2D eigenvalue weighted by molar-refractivity contribution is 0.0471. The fourth-order valence-electron chi connectivity index (χ4n) is 1.77. The van der Waals surface area contributed by atoms with E-state index in [1.54, 1.807) is 19.9 Å². The van der Waals surface area contributed by atoms with Crippen LogP contribution in [0.1, 0.15) is 27.2 Å². The largest absolute Gasteiger partial charge is 0.457 e. The zero-order valence-corrected chi connectivity index (χ0v) is 10.9. The number of ether oxygens (including phenoxy) is 1. The molecule has 2 aromatic rings. The van der Waals surface area contributed by atoms with Crippen LogP contribution < -0.4 is 5.56 Å². The Hall–Kier alpha value is -2.36. The first-order valence-corrected chi connectivity index (χ1v) is 5.99. The van der Waals surface area contributed by atoms with Gasteiger partial charge in [0.05, 0.1) is 5.56 Å². The summed E-state index contributed by atoms with van der Waals surface area (Å²) in [6.45, 7) is 3.54. The maximum atomic E-state index is 12.0. The monoisotopic (exact) mass is 257 g/mol. The van der Waals surface area contributed by atoms with Crippen molar-refractivity contribution in [2.24, 2.45) is 0 Å². The van der Waals surface area contributed by atoms with Gasteiger partial charge < -0.3 is 9.72 Å². The van der Waals surface area contributed by atoms with E-state index in [-0.39, 0.29) is 12.2 Å². The molecule has 0 aliphatic carbocycles. The molecule has 0 amide bonds. The minimum Gasteiger partial charge on any atom is -0.457 e. The van der Waals surface area contributed by atoms with Crippen molar-refractivity contribution >= 4 is 5.97 Å². The van der Waals surface area contributed by atoms with Crippen LogP contribution in [0.2, 0.25) is 0 Å². The first kappa shape index (κ1) is 13.1. The Morgan fingerprint density at radius 1 is 1.21 bits per heavy atom.